The molecule has 1 aromatic heterocycles. The predicted molar refractivity (Wildman–Crippen MR) is 90.4 cm³/mol. The maximum Gasteiger partial charge on any atom is 0.419 e. The number of hydrogen-bond donors (Lipinski definition) is 2. The van der Waals surface area contributed by atoms with Gasteiger partial charge in [0.25, 0.3) is 5.95 Å². The molecule has 0 fully saturated rings. The Labute approximate surface area is 149 Å². The molecule has 0 radical (unpaired) electrons. The number of fused-ring (bicyclic) bond motifs is 1. The van der Waals surface area contributed by atoms with Crippen LogP contribution >= 0.6 is 11.6 Å². The second kappa shape index (κ2) is 6.41. The van der Waals surface area contributed by atoms with Crippen molar-refractivity contribution in [1.29, 1.82) is 0 Å². The second-order valence-electron chi connectivity index (χ2n) is 5.26. The Balaban J connectivity index is 2.27. The van der Waals surface area contributed by atoms with E-state index in [1.807, 2.05) is 0 Å². The van der Waals surface area contributed by atoms with Gasteiger partial charge in [0, 0.05) is 16.0 Å². The van der Waals surface area contributed by atoms with Crippen LogP contribution in [0.1, 0.15) is 5.56 Å². The van der Waals surface area contributed by atoms with E-state index < -0.39 is 17.6 Å². The van der Waals surface area contributed by atoms with Gasteiger partial charge in [-0.05, 0) is 30.3 Å². The Kier molecular flexibility index (Phi) is 4.41. The molecule has 26 heavy (non-hydrogen) atoms. The van der Waals surface area contributed by atoms with Gasteiger partial charge < -0.3 is 11.5 Å². The van der Waals surface area contributed by atoms with Gasteiger partial charge in [0.05, 0.1) is 16.8 Å². The van der Waals surface area contributed by atoms with Gasteiger partial charge in [-0.25, -0.2) is 14.4 Å². The van der Waals surface area contributed by atoms with Crippen molar-refractivity contribution in [3.05, 3.63) is 52.8 Å². The first-order valence-corrected chi connectivity index (χ1v) is 7.47. The first kappa shape index (κ1) is 17.9. The van der Waals surface area contributed by atoms with Crippen LogP contribution in [-0.2, 0) is 6.18 Å². The quantitative estimate of drug-likeness (QED) is 0.397. The highest BCUT2D eigenvalue weighted by atomic mass is 35.5. The first-order chi connectivity index (χ1) is 12.1. The topological polar surface area (TPSA) is 90.2 Å². The van der Waals surface area contributed by atoms with E-state index in [9.17, 15) is 17.6 Å². The molecule has 1 heterocycles. The van der Waals surface area contributed by atoms with Gasteiger partial charge in [-0.15, -0.1) is 0 Å². The molecule has 0 saturated heterocycles. The van der Waals surface area contributed by atoms with Crippen LogP contribution in [-0.4, -0.2) is 15.9 Å². The molecule has 0 atom stereocenters. The van der Waals surface area contributed by atoms with Gasteiger partial charge in [-0.1, -0.05) is 17.7 Å². The summed E-state index contributed by atoms with van der Waals surface area (Å²) in [6, 6.07) is 7.13. The van der Waals surface area contributed by atoms with E-state index in [4.69, 9.17) is 23.1 Å². The molecule has 2 aromatic carbocycles. The molecule has 0 amide bonds. The maximum atomic E-state index is 14.0. The number of alkyl halides is 3. The molecule has 0 bridgehead atoms. The zero-order valence-corrected chi connectivity index (χ0v) is 13.6. The lowest BCUT2D eigenvalue weighted by molar-refractivity contribution is -0.139. The van der Waals surface area contributed by atoms with Crippen LogP contribution in [0.25, 0.3) is 22.2 Å². The lowest BCUT2D eigenvalue weighted by Crippen LogP contribution is -2.22. The highest BCUT2D eigenvalue weighted by Crippen LogP contribution is 2.35. The van der Waals surface area contributed by atoms with Crippen LogP contribution in [0.3, 0.4) is 0 Å². The summed E-state index contributed by atoms with van der Waals surface area (Å²) < 4.78 is 52.3. The third-order valence-corrected chi connectivity index (χ3v) is 3.66. The molecular formula is C16H10ClF4N5. The van der Waals surface area contributed by atoms with Crippen molar-refractivity contribution >= 4 is 34.4 Å². The molecule has 134 valence electrons. The first-order valence-electron chi connectivity index (χ1n) is 7.09. The number of guanidine groups is 1. The number of halogens is 5. The molecule has 0 unspecified atom stereocenters. The van der Waals surface area contributed by atoms with E-state index in [-0.39, 0.29) is 23.2 Å². The van der Waals surface area contributed by atoms with E-state index in [1.54, 1.807) is 12.1 Å². The minimum Gasteiger partial charge on any atom is -0.370 e. The van der Waals surface area contributed by atoms with Crippen molar-refractivity contribution in [1.82, 2.24) is 9.97 Å². The molecule has 3 aromatic rings. The Hall–Kier alpha value is -2.94. The fourth-order valence-corrected chi connectivity index (χ4v) is 2.54. The lowest BCUT2D eigenvalue weighted by atomic mass is 10.0. The molecule has 3 rings (SSSR count). The molecule has 0 aliphatic carbocycles. The van der Waals surface area contributed by atoms with Crippen molar-refractivity contribution in [3.63, 3.8) is 0 Å². The average molecular weight is 384 g/mol. The zero-order chi connectivity index (χ0) is 19.1. The van der Waals surface area contributed by atoms with Crippen molar-refractivity contribution in [3.8, 4) is 11.3 Å². The van der Waals surface area contributed by atoms with Crippen LogP contribution in [0.15, 0.2) is 41.4 Å². The monoisotopic (exact) mass is 383 g/mol. The Bertz CT molecular complexity index is 1030. The normalized spacial score (nSPS) is 11.6. The molecule has 0 spiro atoms. The van der Waals surface area contributed by atoms with Gasteiger partial charge in [0.15, 0.2) is 5.96 Å². The van der Waals surface area contributed by atoms with E-state index in [2.05, 4.69) is 15.0 Å². The summed E-state index contributed by atoms with van der Waals surface area (Å²) in [5.74, 6) is -1.84. The lowest BCUT2D eigenvalue weighted by Gasteiger charge is -2.11. The number of nitrogens with two attached hydrogens (primary N) is 2. The van der Waals surface area contributed by atoms with E-state index in [1.165, 1.54) is 6.07 Å². The molecule has 0 saturated carbocycles. The highest BCUT2D eigenvalue weighted by molar-refractivity contribution is 6.31. The summed E-state index contributed by atoms with van der Waals surface area (Å²) in [7, 11) is 0. The molecule has 10 heteroatoms. The van der Waals surface area contributed by atoms with E-state index >= 15 is 0 Å². The van der Waals surface area contributed by atoms with Crippen molar-refractivity contribution in [2.24, 2.45) is 16.5 Å². The summed E-state index contributed by atoms with van der Waals surface area (Å²) in [4.78, 5) is 12.0. The summed E-state index contributed by atoms with van der Waals surface area (Å²) in [6.45, 7) is 0. The number of aliphatic imine (C=N–C) groups is 1. The van der Waals surface area contributed by atoms with Gasteiger partial charge in [-0.3, -0.25) is 0 Å². The van der Waals surface area contributed by atoms with Crippen molar-refractivity contribution in [2.45, 2.75) is 6.18 Å². The standard InChI is InChI=1S/C16H10ClF4N5/c17-8-2-4-12-9(6-8)13(25-15(24-12)26-14(22)23)7-1-3-10(11(18)5-7)16(19,20)21/h1-6H,(H4,22,23,24,25,26). The maximum absolute atomic E-state index is 14.0. The Morgan fingerprint density at radius 3 is 2.38 bits per heavy atom. The second-order valence-corrected chi connectivity index (χ2v) is 5.70. The number of hydrogen-bond acceptors (Lipinski definition) is 3. The highest BCUT2D eigenvalue weighted by Gasteiger charge is 2.34. The van der Waals surface area contributed by atoms with E-state index in [0.29, 0.717) is 22.0 Å². The van der Waals surface area contributed by atoms with Crippen LogP contribution in [0.5, 0.6) is 0 Å². The van der Waals surface area contributed by atoms with Gasteiger partial charge in [0.2, 0.25) is 0 Å². The zero-order valence-electron chi connectivity index (χ0n) is 12.9. The largest absolute Gasteiger partial charge is 0.419 e. The SMILES string of the molecule is NC(N)=Nc1nc(-c2ccc(C(F)(F)F)c(F)c2)c2cc(Cl)ccc2n1. The Morgan fingerprint density at radius 2 is 1.77 bits per heavy atom. The fourth-order valence-electron chi connectivity index (χ4n) is 2.37. The average Bonchev–Trinajstić information content (AvgIpc) is 2.52. The van der Waals surface area contributed by atoms with Crippen LogP contribution < -0.4 is 11.5 Å². The van der Waals surface area contributed by atoms with E-state index in [0.717, 1.165) is 12.1 Å². The Morgan fingerprint density at radius 1 is 1.04 bits per heavy atom. The molecule has 4 N–H and O–H groups in total. The fraction of sp³-hybridized carbons (Fsp3) is 0.0625. The number of aromatic nitrogens is 2. The van der Waals surface area contributed by atoms with Crippen LogP contribution in [0, 0.1) is 5.82 Å². The van der Waals surface area contributed by atoms with Crippen LogP contribution in [0.4, 0.5) is 23.5 Å². The number of nitrogens with zero attached hydrogens (tertiary/aromatic N) is 3. The summed E-state index contributed by atoms with van der Waals surface area (Å²) in [5.41, 5.74) is 9.88. The van der Waals surface area contributed by atoms with Gasteiger partial charge in [0.1, 0.15) is 5.82 Å². The van der Waals surface area contributed by atoms with Gasteiger partial charge in [-0.2, -0.15) is 18.2 Å². The summed E-state index contributed by atoms with van der Waals surface area (Å²) in [6.07, 6.45) is -4.80. The molecule has 5 nitrogen and oxygen atoms in total. The predicted octanol–water partition coefficient (Wildman–Crippen LogP) is 4.01. The summed E-state index contributed by atoms with van der Waals surface area (Å²) in [5, 5.41) is 0.760. The van der Waals surface area contributed by atoms with Crippen molar-refractivity contribution < 1.29 is 17.6 Å². The number of benzene rings is 2. The minimum atomic E-state index is -4.80. The molecular weight excluding hydrogens is 374 g/mol. The van der Waals surface area contributed by atoms with Crippen molar-refractivity contribution in [2.75, 3.05) is 0 Å². The van der Waals surface area contributed by atoms with Crippen LogP contribution in [0.2, 0.25) is 5.02 Å². The molecule has 0 aliphatic rings. The van der Waals surface area contributed by atoms with Gasteiger partial charge >= 0.3 is 6.18 Å². The smallest absolute Gasteiger partial charge is 0.370 e. The minimum absolute atomic E-state index is 0.0946. The third kappa shape index (κ3) is 3.52. The molecule has 0 aliphatic heterocycles. The summed E-state index contributed by atoms with van der Waals surface area (Å²) >= 11 is 5.97. The number of rotatable bonds is 2. The third-order valence-electron chi connectivity index (χ3n) is 3.42.